The second kappa shape index (κ2) is 7.25. The molecule has 0 aromatic carbocycles. The second-order valence-electron chi connectivity index (χ2n) is 3.23. The van der Waals surface area contributed by atoms with Gasteiger partial charge in [0.05, 0.1) is 6.61 Å². The summed E-state index contributed by atoms with van der Waals surface area (Å²) in [4.78, 5) is 0. The van der Waals surface area contributed by atoms with Crippen molar-refractivity contribution < 1.29 is 13.5 Å². The summed E-state index contributed by atoms with van der Waals surface area (Å²) >= 11 is 0. The minimum atomic E-state index is -2.90. The van der Waals surface area contributed by atoms with E-state index < -0.39 is 6.11 Å². The molecule has 0 spiro atoms. The highest BCUT2D eigenvalue weighted by Crippen LogP contribution is 2.23. The number of halogens is 2. The first-order valence-corrected chi connectivity index (χ1v) is 5.14. The smallest absolute Gasteiger partial charge is 0.321 e. The van der Waals surface area contributed by atoms with E-state index in [1.54, 1.807) is 6.92 Å². The van der Waals surface area contributed by atoms with E-state index in [1.807, 2.05) is 0 Å². The molecule has 13 heavy (non-hydrogen) atoms. The van der Waals surface area contributed by atoms with Crippen molar-refractivity contribution in [3.8, 4) is 0 Å². The van der Waals surface area contributed by atoms with Crippen LogP contribution in [0.5, 0.6) is 0 Å². The average molecular weight is 194 g/mol. The molecule has 0 atom stereocenters. The summed E-state index contributed by atoms with van der Waals surface area (Å²) < 4.78 is 29.7. The van der Waals surface area contributed by atoms with Gasteiger partial charge in [-0.15, -0.1) is 0 Å². The normalized spacial score (nSPS) is 12.0. The largest absolute Gasteiger partial charge is 0.355 e. The highest BCUT2D eigenvalue weighted by atomic mass is 19.3. The van der Waals surface area contributed by atoms with Crippen LogP contribution in [0.4, 0.5) is 8.78 Å². The molecular weight excluding hydrogens is 174 g/mol. The molecule has 0 fully saturated rings. The van der Waals surface area contributed by atoms with Crippen molar-refractivity contribution >= 4 is 0 Å². The van der Waals surface area contributed by atoms with E-state index in [2.05, 4.69) is 11.7 Å². The first kappa shape index (κ1) is 12.8. The summed E-state index contributed by atoms with van der Waals surface area (Å²) in [6, 6.07) is 0. The summed E-state index contributed by atoms with van der Waals surface area (Å²) in [6.07, 6.45) is 1.75. The summed E-state index contributed by atoms with van der Waals surface area (Å²) in [6.45, 7) is 3.78. The van der Waals surface area contributed by atoms with Crippen LogP contribution in [0.25, 0.3) is 0 Å². The molecule has 0 bridgehead atoms. The van der Waals surface area contributed by atoms with Crippen molar-refractivity contribution in [2.75, 3.05) is 6.61 Å². The fourth-order valence-corrected chi connectivity index (χ4v) is 1.22. The Morgan fingerprint density at radius 3 is 2.15 bits per heavy atom. The SMILES string of the molecule is CCCCCCCC(F)(F)OCC. The molecule has 0 amide bonds. The van der Waals surface area contributed by atoms with E-state index in [-0.39, 0.29) is 13.0 Å². The maximum Gasteiger partial charge on any atom is 0.355 e. The molecule has 0 rings (SSSR count). The van der Waals surface area contributed by atoms with Crippen LogP contribution in [0.15, 0.2) is 0 Å². The lowest BCUT2D eigenvalue weighted by Gasteiger charge is -2.15. The Morgan fingerprint density at radius 1 is 1.00 bits per heavy atom. The van der Waals surface area contributed by atoms with Crippen molar-refractivity contribution in [2.45, 2.75) is 58.5 Å². The van der Waals surface area contributed by atoms with Gasteiger partial charge in [0.1, 0.15) is 0 Å². The lowest BCUT2D eigenvalue weighted by molar-refractivity contribution is -0.240. The topological polar surface area (TPSA) is 9.23 Å². The van der Waals surface area contributed by atoms with Crippen LogP contribution in [0.1, 0.15) is 52.4 Å². The van der Waals surface area contributed by atoms with Crippen molar-refractivity contribution in [1.82, 2.24) is 0 Å². The quantitative estimate of drug-likeness (QED) is 0.531. The first-order chi connectivity index (χ1) is 6.12. The number of alkyl halides is 2. The van der Waals surface area contributed by atoms with Gasteiger partial charge >= 0.3 is 6.11 Å². The van der Waals surface area contributed by atoms with Gasteiger partial charge in [0.15, 0.2) is 0 Å². The zero-order chi connectivity index (χ0) is 10.2. The molecule has 1 nitrogen and oxygen atoms in total. The Balaban J connectivity index is 3.29. The maximum atomic E-state index is 12.7. The van der Waals surface area contributed by atoms with Crippen LogP contribution < -0.4 is 0 Å². The average Bonchev–Trinajstić information content (AvgIpc) is 2.04. The molecule has 0 aliphatic carbocycles. The van der Waals surface area contributed by atoms with Crippen molar-refractivity contribution in [3.05, 3.63) is 0 Å². The fourth-order valence-electron chi connectivity index (χ4n) is 1.22. The minimum absolute atomic E-state index is 0.0853. The van der Waals surface area contributed by atoms with Crippen molar-refractivity contribution in [2.24, 2.45) is 0 Å². The predicted molar refractivity (Wildman–Crippen MR) is 49.9 cm³/mol. The highest BCUT2D eigenvalue weighted by Gasteiger charge is 2.27. The second-order valence-corrected chi connectivity index (χ2v) is 3.23. The summed E-state index contributed by atoms with van der Waals surface area (Å²) in [5.41, 5.74) is 0. The van der Waals surface area contributed by atoms with Crippen molar-refractivity contribution in [3.63, 3.8) is 0 Å². The van der Waals surface area contributed by atoms with Gasteiger partial charge in [-0.2, -0.15) is 8.78 Å². The van der Waals surface area contributed by atoms with Gasteiger partial charge in [0.25, 0.3) is 0 Å². The maximum absolute atomic E-state index is 12.7. The molecule has 0 aromatic heterocycles. The molecule has 0 aliphatic heterocycles. The number of ether oxygens (including phenoxy) is 1. The Kier molecular flexibility index (Phi) is 7.14. The van der Waals surface area contributed by atoms with E-state index in [0.29, 0.717) is 6.42 Å². The van der Waals surface area contributed by atoms with E-state index in [9.17, 15) is 8.78 Å². The van der Waals surface area contributed by atoms with Gasteiger partial charge in [0.2, 0.25) is 0 Å². The third-order valence-electron chi connectivity index (χ3n) is 1.93. The molecule has 0 aromatic rings. The standard InChI is InChI=1S/C10H20F2O/c1-3-5-6-7-8-9-10(11,12)13-4-2/h3-9H2,1-2H3. The van der Waals surface area contributed by atoms with Gasteiger partial charge in [-0.3, -0.25) is 0 Å². The monoisotopic (exact) mass is 194 g/mol. The number of unbranched alkanes of at least 4 members (excludes halogenated alkanes) is 4. The molecule has 3 heteroatoms. The van der Waals surface area contributed by atoms with E-state index >= 15 is 0 Å². The summed E-state index contributed by atoms with van der Waals surface area (Å²) in [5, 5.41) is 0. The lowest BCUT2D eigenvalue weighted by Crippen LogP contribution is -2.20. The van der Waals surface area contributed by atoms with Crippen LogP contribution in [0, 0.1) is 0 Å². The molecule has 0 radical (unpaired) electrons. The van der Waals surface area contributed by atoms with Gasteiger partial charge in [-0.1, -0.05) is 32.6 Å². The third kappa shape index (κ3) is 8.16. The predicted octanol–water partition coefficient (Wildman–Crippen LogP) is 3.98. The Morgan fingerprint density at radius 2 is 1.62 bits per heavy atom. The summed E-state index contributed by atoms with van der Waals surface area (Å²) in [7, 11) is 0. The minimum Gasteiger partial charge on any atom is -0.321 e. The molecule has 80 valence electrons. The molecule has 0 aliphatic rings. The Hall–Kier alpha value is -0.180. The Bertz CT molecular complexity index is 115. The zero-order valence-electron chi connectivity index (χ0n) is 8.61. The molecule has 0 unspecified atom stereocenters. The fraction of sp³-hybridized carbons (Fsp3) is 1.00. The van der Waals surface area contributed by atoms with Crippen LogP contribution in [0.2, 0.25) is 0 Å². The van der Waals surface area contributed by atoms with Gasteiger partial charge < -0.3 is 4.74 Å². The van der Waals surface area contributed by atoms with Crippen molar-refractivity contribution in [1.29, 1.82) is 0 Å². The van der Waals surface area contributed by atoms with Crippen LogP contribution in [-0.4, -0.2) is 12.7 Å². The van der Waals surface area contributed by atoms with Gasteiger partial charge in [-0.25, -0.2) is 0 Å². The lowest BCUT2D eigenvalue weighted by atomic mass is 10.1. The number of hydrogen-bond acceptors (Lipinski definition) is 1. The first-order valence-electron chi connectivity index (χ1n) is 5.14. The van der Waals surface area contributed by atoms with Gasteiger partial charge in [0, 0.05) is 6.42 Å². The van der Waals surface area contributed by atoms with Crippen LogP contribution in [-0.2, 0) is 4.74 Å². The van der Waals surface area contributed by atoms with Gasteiger partial charge in [-0.05, 0) is 13.3 Å². The van der Waals surface area contributed by atoms with E-state index in [0.717, 1.165) is 25.7 Å². The Labute approximate surface area is 79.5 Å². The van der Waals surface area contributed by atoms with Crippen LogP contribution in [0.3, 0.4) is 0 Å². The number of rotatable bonds is 8. The van der Waals surface area contributed by atoms with Crippen LogP contribution >= 0.6 is 0 Å². The number of hydrogen-bond donors (Lipinski definition) is 0. The molecule has 0 saturated heterocycles. The van der Waals surface area contributed by atoms with E-state index in [1.165, 1.54) is 0 Å². The molecule has 0 N–H and O–H groups in total. The zero-order valence-corrected chi connectivity index (χ0v) is 8.61. The molecule has 0 heterocycles. The third-order valence-corrected chi connectivity index (χ3v) is 1.93. The summed E-state index contributed by atoms with van der Waals surface area (Å²) in [5.74, 6) is 0. The van der Waals surface area contributed by atoms with E-state index in [4.69, 9.17) is 0 Å². The highest BCUT2D eigenvalue weighted by molar-refractivity contribution is 4.53. The molecule has 0 saturated carbocycles. The molecular formula is C10H20F2O.